The molecule has 0 aliphatic carbocycles. The lowest BCUT2D eigenvalue weighted by Crippen LogP contribution is -2.45. The topological polar surface area (TPSA) is 32.7 Å². The van der Waals surface area contributed by atoms with Crippen LogP contribution in [0, 0.1) is 18.8 Å². The lowest BCUT2D eigenvalue weighted by molar-refractivity contribution is -0.0164. The third-order valence-corrected chi connectivity index (χ3v) is 7.73. The van der Waals surface area contributed by atoms with E-state index in [9.17, 15) is 5.11 Å². The summed E-state index contributed by atoms with van der Waals surface area (Å²) in [7, 11) is 0. The summed E-state index contributed by atoms with van der Waals surface area (Å²) in [5.74, 6) is 1.56. The standard InChI is InChI=1S/C29H34BrNO2/c1-22(21-33-27-13-14-28(30)23(2)19-27)20-31-17-15-26(16-18-31)29(32,24-9-5-3-6-10-24)25-11-7-4-8-12-25/h3-14,19,22,26,32H,15-18,20-21H2,1-2H3. The van der Waals surface area contributed by atoms with Gasteiger partial charge in [-0.15, -0.1) is 0 Å². The maximum absolute atomic E-state index is 12.1. The Morgan fingerprint density at radius 2 is 1.55 bits per heavy atom. The van der Waals surface area contributed by atoms with Crippen molar-refractivity contribution in [2.24, 2.45) is 11.8 Å². The molecule has 1 aliphatic heterocycles. The number of hydrogen-bond acceptors (Lipinski definition) is 3. The number of aliphatic hydroxyl groups is 1. The van der Waals surface area contributed by atoms with Gasteiger partial charge in [0.25, 0.3) is 0 Å². The number of likely N-dealkylation sites (tertiary alicyclic amines) is 1. The van der Waals surface area contributed by atoms with E-state index in [1.807, 2.05) is 48.5 Å². The molecule has 0 amide bonds. The highest BCUT2D eigenvalue weighted by Gasteiger charge is 2.41. The highest BCUT2D eigenvalue weighted by atomic mass is 79.9. The monoisotopic (exact) mass is 507 g/mol. The van der Waals surface area contributed by atoms with Crippen LogP contribution in [0.15, 0.2) is 83.3 Å². The molecule has 4 rings (SSSR count). The van der Waals surface area contributed by atoms with Gasteiger partial charge in [-0.2, -0.15) is 0 Å². The molecule has 0 spiro atoms. The van der Waals surface area contributed by atoms with Gasteiger partial charge in [0.2, 0.25) is 0 Å². The molecule has 3 nitrogen and oxygen atoms in total. The molecular weight excluding hydrogens is 474 g/mol. The molecule has 4 heteroatoms. The zero-order valence-corrected chi connectivity index (χ0v) is 21.2. The van der Waals surface area contributed by atoms with Crippen molar-refractivity contribution < 1.29 is 9.84 Å². The molecule has 3 aromatic rings. The summed E-state index contributed by atoms with van der Waals surface area (Å²) in [6, 6.07) is 26.5. The summed E-state index contributed by atoms with van der Waals surface area (Å²) >= 11 is 3.54. The zero-order chi connectivity index (χ0) is 23.3. The minimum absolute atomic E-state index is 0.191. The van der Waals surface area contributed by atoms with Gasteiger partial charge >= 0.3 is 0 Å². The fourth-order valence-electron chi connectivity index (χ4n) is 4.99. The second kappa shape index (κ2) is 10.9. The first-order valence-corrected chi connectivity index (χ1v) is 12.7. The molecule has 33 heavy (non-hydrogen) atoms. The van der Waals surface area contributed by atoms with E-state index in [-0.39, 0.29) is 5.92 Å². The molecule has 1 unspecified atom stereocenters. The molecule has 174 valence electrons. The van der Waals surface area contributed by atoms with Crippen LogP contribution in [0.25, 0.3) is 0 Å². The van der Waals surface area contributed by atoms with Crippen molar-refractivity contribution in [3.8, 4) is 5.75 Å². The van der Waals surface area contributed by atoms with Gasteiger partial charge in [-0.25, -0.2) is 0 Å². The number of benzene rings is 3. The number of piperidine rings is 1. The van der Waals surface area contributed by atoms with Crippen molar-refractivity contribution in [2.75, 3.05) is 26.2 Å². The average molecular weight is 509 g/mol. The van der Waals surface area contributed by atoms with E-state index in [0.29, 0.717) is 12.5 Å². The van der Waals surface area contributed by atoms with Crippen molar-refractivity contribution in [3.05, 3.63) is 100 Å². The van der Waals surface area contributed by atoms with Crippen LogP contribution in [-0.2, 0) is 5.60 Å². The number of halogens is 1. The van der Waals surface area contributed by atoms with Gasteiger partial charge < -0.3 is 14.7 Å². The van der Waals surface area contributed by atoms with Crippen LogP contribution >= 0.6 is 15.9 Å². The highest BCUT2D eigenvalue weighted by Crippen LogP contribution is 2.42. The molecule has 1 aliphatic rings. The molecular formula is C29H34BrNO2. The molecule has 0 aromatic heterocycles. The van der Waals surface area contributed by atoms with Crippen LogP contribution in [-0.4, -0.2) is 36.2 Å². The van der Waals surface area contributed by atoms with Gasteiger partial charge in [0.05, 0.1) is 6.61 Å². The van der Waals surface area contributed by atoms with E-state index in [4.69, 9.17) is 4.74 Å². The predicted molar refractivity (Wildman–Crippen MR) is 139 cm³/mol. The van der Waals surface area contributed by atoms with Gasteiger partial charge in [0, 0.05) is 16.9 Å². The second-order valence-electron chi connectivity index (χ2n) is 9.40. The summed E-state index contributed by atoms with van der Waals surface area (Å²) in [6.07, 6.45) is 1.94. The summed E-state index contributed by atoms with van der Waals surface area (Å²) in [5, 5.41) is 12.1. The van der Waals surface area contributed by atoms with E-state index >= 15 is 0 Å². The Kier molecular flexibility index (Phi) is 7.90. The molecule has 1 fully saturated rings. The van der Waals surface area contributed by atoms with Gasteiger partial charge in [-0.05, 0) is 73.7 Å². The summed E-state index contributed by atoms with van der Waals surface area (Å²) in [5.41, 5.74) is 2.21. The lowest BCUT2D eigenvalue weighted by Gasteiger charge is -2.42. The van der Waals surface area contributed by atoms with Crippen molar-refractivity contribution in [1.29, 1.82) is 0 Å². The van der Waals surface area contributed by atoms with Crippen molar-refractivity contribution in [2.45, 2.75) is 32.3 Å². The van der Waals surface area contributed by atoms with E-state index in [0.717, 1.165) is 53.8 Å². The van der Waals surface area contributed by atoms with Crippen molar-refractivity contribution in [3.63, 3.8) is 0 Å². The Balaban J connectivity index is 1.36. The van der Waals surface area contributed by atoms with Crippen LogP contribution in [0.3, 0.4) is 0 Å². The lowest BCUT2D eigenvalue weighted by atomic mass is 9.72. The summed E-state index contributed by atoms with van der Waals surface area (Å²) < 4.78 is 7.16. The molecule has 3 aromatic carbocycles. The predicted octanol–water partition coefficient (Wildman–Crippen LogP) is 6.42. The van der Waals surface area contributed by atoms with E-state index in [2.05, 4.69) is 65.0 Å². The Hall–Kier alpha value is -2.14. The third kappa shape index (κ3) is 5.68. The zero-order valence-electron chi connectivity index (χ0n) is 19.6. The SMILES string of the molecule is Cc1cc(OCC(C)CN2CCC(C(O)(c3ccccc3)c3ccccc3)CC2)ccc1Br. The van der Waals surface area contributed by atoms with Gasteiger partial charge in [-0.1, -0.05) is 83.5 Å². The maximum atomic E-state index is 12.1. The maximum Gasteiger partial charge on any atom is 0.119 e. The smallest absolute Gasteiger partial charge is 0.119 e. The minimum atomic E-state index is -0.956. The Labute approximate surface area is 206 Å². The average Bonchev–Trinajstić information content (AvgIpc) is 2.86. The first-order chi connectivity index (χ1) is 16.0. The fraction of sp³-hybridized carbons (Fsp3) is 0.379. The molecule has 0 bridgehead atoms. The number of aryl methyl sites for hydroxylation is 1. The van der Waals surface area contributed by atoms with Crippen LogP contribution < -0.4 is 4.74 Å². The fourth-order valence-corrected chi connectivity index (χ4v) is 5.24. The summed E-state index contributed by atoms with van der Waals surface area (Å²) in [4.78, 5) is 2.52. The Bertz CT molecular complexity index is 977. The molecule has 1 heterocycles. The number of hydrogen-bond donors (Lipinski definition) is 1. The van der Waals surface area contributed by atoms with E-state index < -0.39 is 5.60 Å². The largest absolute Gasteiger partial charge is 0.493 e. The van der Waals surface area contributed by atoms with E-state index in [1.54, 1.807) is 0 Å². The molecule has 1 atom stereocenters. The summed E-state index contributed by atoms with van der Waals surface area (Å²) in [6.45, 7) is 8.04. The first-order valence-electron chi connectivity index (χ1n) is 11.9. The minimum Gasteiger partial charge on any atom is -0.493 e. The van der Waals surface area contributed by atoms with Crippen molar-refractivity contribution >= 4 is 15.9 Å². The van der Waals surface area contributed by atoms with Gasteiger partial charge in [0.1, 0.15) is 11.4 Å². The van der Waals surface area contributed by atoms with Crippen LogP contribution in [0.5, 0.6) is 5.75 Å². The van der Waals surface area contributed by atoms with Crippen LogP contribution in [0.4, 0.5) is 0 Å². The van der Waals surface area contributed by atoms with Crippen molar-refractivity contribution in [1.82, 2.24) is 4.90 Å². The molecule has 1 saturated heterocycles. The van der Waals surface area contributed by atoms with Gasteiger partial charge in [-0.3, -0.25) is 0 Å². The quantitative estimate of drug-likeness (QED) is 0.381. The van der Waals surface area contributed by atoms with Gasteiger partial charge in [0.15, 0.2) is 0 Å². The number of rotatable bonds is 8. The molecule has 0 radical (unpaired) electrons. The van der Waals surface area contributed by atoms with Crippen LogP contribution in [0.2, 0.25) is 0 Å². The molecule has 0 saturated carbocycles. The Morgan fingerprint density at radius 1 is 0.970 bits per heavy atom. The third-order valence-electron chi connectivity index (χ3n) is 6.84. The van der Waals surface area contributed by atoms with E-state index in [1.165, 1.54) is 5.56 Å². The number of nitrogens with zero attached hydrogens (tertiary/aromatic N) is 1. The van der Waals surface area contributed by atoms with Crippen LogP contribution in [0.1, 0.15) is 36.5 Å². The Morgan fingerprint density at radius 3 is 2.09 bits per heavy atom. The first kappa shape index (κ1) is 24.0. The normalized spacial score (nSPS) is 16.5. The number of ether oxygens (including phenoxy) is 1. The molecule has 1 N–H and O–H groups in total. The second-order valence-corrected chi connectivity index (χ2v) is 10.3. The highest BCUT2D eigenvalue weighted by molar-refractivity contribution is 9.10.